The van der Waals surface area contributed by atoms with Gasteiger partial charge in [-0.05, 0) is 32.4 Å². The highest BCUT2D eigenvalue weighted by Crippen LogP contribution is 2.32. The van der Waals surface area contributed by atoms with E-state index in [1.165, 1.54) is 0 Å². The highest BCUT2D eigenvalue weighted by Gasteiger charge is 2.33. The average molecular weight is 463 g/mol. The van der Waals surface area contributed by atoms with Gasteiger partial charge in [0, 0.05) is 37.8 Å². The summed E-state index contributed by atoms with van der Waals surface area (Å²) in [5.41, 5.74) is 3.47. The summed E-state index contributed by atoms with van der Waals surface area (Å²) in [5.74, 6) is 1.49. The number of aryl methyl sites for hydroxylation is 1. The third-order valence-corrected chi connectivity index (χ3v) is 8.07. The molecule has 3 heterocycles. The van der Waals surface area contributed by atoms with Crippen molar-refractivity contribution in [3.8, 4) is 11.5 Å². The number of hydrogen-bond acceptors (Lipinski definition) is 7. The maximum Gasteiger partial charge on any atom is 0.254 e. The van der Waals surface area contributed by atoms with Gasteiger partial charge in [0.1, 0.15) is 11.5 Å². The minimum atomic E-state index is -2.98. The number of rotatable bonds is 5. The summed E-state index contributed by atoms with van der Waals surface area (Å²) in [6, 6.07) is 5.10. The SMILES string of the molecule is COc1cc(OC)cc(C(=O)N2CCN(c3c(C)nn(C4CCS(=O)(=O)C4)c3C)CC2)c1. The van der Waals surface area contributed by atoms with Crippen molar-refractivity contribution >= 4 is 21.4 Å². The summed E-state index contributed by atoms with van der Waals surface area (Å²) >= 11 is 0. The first-order valence-electron chi connectivity index (χ1n) is 10.8. The van der Waals surface area contributed by atoms with Gasteiger partial charge in [0.05, 0.1) is 48.8 Å². The summed E-state index contributed by atoms with van der Waals surface area (Å²) in [4.78, 5) is 17.2. The van der Waals surface area contributed by atoms with Gasteiger partial charge in [-0.25, -0.2) is 8.42 Å². The minimum absolute atomic E-state index is 0.0536. The zero-order chi connectivity index (χ0) is 23.0. The molecule has 1 amide bonds. The first-order valence-corrected chi connectivity index (χ1v) is 12.6. The second-order valence-corrected chi connectivity index (χ2v) is 10.6. The lowest BCUT2D eigenvalue weighted by Gasteiger charge is -2.36. The van der Waals surface area contributed by atoms with Crippen molar-refractivity contribution in [1.82, 2.24) is 14.7 Å². The third-order valence-electron chi connectivity index (χ3n) is 6.32. The molecule has 2 fully saturated rings. The Labute approximate surface area is 188 Å². The second-order valence-electron chi connectivity index (χ2n) is 8.40. The Bertz CT molecular complexity index is 1100. The number of carbonyl (C=O) groups excluding carboxylic acids is 1. The van der Waals surface area contributed by atoms with Gasteiger partial charge in [0.15, 0.2) is 9.84 Å². The lowest BCUT2D eigenvalue weighted by molar-refractivity contribution is 0.0746. The summed E-state index contributed by atoms with van der Waals surface area (Å²) in [5, 5.41) is 4.68. The largest absolute Gasteiger partial charge is 0.497 e. The molecule has 2 aliphatic rings. The molecule has 1 aromatic carbocycles. The van der Waals surface area contributed by atoms with Crippen LogP contribution >= 0.6 is 0 Å². The van der Waals surface area contributed by atoms with Gasteiger partial charge in [-0.1, -0.05) is 0 Å². The van der Waals surface area contributed by atoms with E-state index < -0.39 is 9.84 Å². The first kappa shape index (κ1) is 22.4. The van der Waals surface area contributed by atoms with Gasteiger partial charge in [0.2, 0.25) is 0 Å². The van der Waals surface area contributed by atoms with Crippen LogP contribution in [0.4, 0.5) is 5.69 Å². The fraction of sp³-hybridized carbons (Fsp3) is 0.545. The molecule has 0 spiro atoms. The van der Waals surface area contributed by atoms with Crippen molar-refractivity contribution in [3.05, 3.63) is 35.2 Å². The highest BCUT2D eigenvalue weighted by atomic mass is 32.2. The van der Waals surface area contributed by atoms with Gasteiger partial charge < -0.3 is 19.3 Å². The predicted molar refractivity (Wildman–Crippen MR) is 122 cm³/mol. The number of benzene rings is 1. The smallest absolute Gasteiger partial charge is 0.254 e. The molecule has 2 aliphatic heterocycles. The minimum Gasteiger partial charge on any atom is -0.497 e. The van der Waals surface area contributed by atoms with E-state index in [4.69, 9.17) is 9.47 Å². The Balaban J connectivity index is 1.47. The van der Waals surface area contributed by atoms with Crippen LogP contribution in [0, 0.1) is 13.8 Å². The lowest BCUT2D eigenvalue weighted by Crippen LogP contribution is -2.49. The first-order chi connectivity index (χ1) is 15.2. The molecule has 0 bridgehead atoms. The standard InChI is InChI=1S/C22H30N4O5S/c1-15-21(16(2)26(23-15)18-5-10-32(28,29)14-18)24-6-8-25(9-7-24)22(27)17-11-19(30-3)13-20(12-17)31-4/h11-13,18H,5-10,14H2,1-4H3. The third kappa shape index (κ3) is 4.28. The van der Waals surface area contributed by atoms with Crippen LogP contribution in [0.2, 0.25) is 0 Å². The molecule has 4 rings (SSSR count). The number of amides is 1. The summed E-state index contributed by atoms with van der Waals surface area (Å²) < 4.78 is 36.3. The van der Waals surface area contributed by atoms with E-state index in [0.29, 0.717) is 49.7 Å². The number of hydrogen-bond donors (Lipinski definition) is 0. The lowest BCUT2D eigenvalue weighted by atomic mass is 10.1. The van der Waals surface area contributed by atoms with Gasteiger partial charge >= 0.3 is 0 Å². The normalized spacial score (nSPS) is 20.4. The van der Waals surface area contributed by atoms with Crippen molar-refractivity contribution in [1.29, 1.82) is 0 Å². The van der Waals surface area contributed by atoms with Gasteiger partial charge in [-0.2, -0.15) is 5.10 Å². The number of anilines is 1. The van der Waals surface area contributed by atoms with Gasteiger partial charge in [0.25, 0.3) is 5.91 Å². The van der Waals surface area contributed by atoms with Crippen LogP contribution in [-0.2, 0) is 9.84 Å². The van der Waals surface area contributed by atoms with Crippen LogP contribution in [0.5, 0.6) is 11.5 Å². The summed E-state index contributed by atoms with van der Waals surface area (Å²) in [6.45, 7) is 6.50. The van der Waals surface area contributed by atoms with Crippen molar-refractivity contribution in [2.45, 2.75) is 26.3 Å². The molecule has 1 atom stereocenters. The van der Waals surface area contributed by atoms with E-state index in [9.17, 15) is 13.2 Å². The molecule has 32 heavy (non-hydrogen) atoms. The van der Waals surface area contributed by atoms with E-state index in [1.807, 2.05) is 23.4 Å². The predicted octanol–water partition coefficient (Wildman–Crippen LogP) is 1.84. The Morgan fingerprint density at radius 1 is 1.03 bits per heavy atom. The molecular formula is C22H30N4O5S. The van der Waals surface area contributed by atoms with Crippen LogP contribution in [0.1, 0.15) is 34.2 Å². The Hall–Kier alpha value is -2.75. The molecule has 9 nitrogen and oxygen atoms in total. The van der Waals surface area contributed by atoms with Crippen LogP contribution in [0.25, 0.3) is 0 Å². The Morgan fingerprint density at radius 2 is 1.66 bits per heavy atom. The topological polar surface area (TPSA) is 94.0 Å². The molecule has 2 aromatic rings. The summed E-state index contributed by atoms with van der Waals surface area (Å²) in [7, 11) is 0.148. The quantitative estimate of drug-likeness (QED) is 0.669. The molecule has 2 saturated heterocycles. The Morgan fingerprint density at radius 3 is 2.19 bits per heavy atom. The van der Waals surface area contributed by atoms with Crippen molar-refractivity contribution in [3.63, 3.8) is 0 Å². The van der Waals surface area contributed by atoms with E-state index in [1.54, 1.807) is 32.4 Å². The summed E-state index contributed by atoms with van der Waals surface area (Å²) in [6.07, 6.45) is 0.607. The number of sulfone groups is 1. The number of piperazine rings is 1. The fourth-order valence-corrected chi connectivity index (χ4v) is 6.37. The van der Waals surface area contributed by atoms with Crippen molar-refractivity contribution in [2.75, 3.05) is 56.8 Å². The van der Waals surface area contributed by atoms with E-state index in [2.05, 4.69) is 10.00 Å². The molecular weight excluding hydrogens is 432 g/mol. The van der Waals surface area contributed by atoms with E-state index >= 15 is 0 Å². The maximum absolute atomic E-state index is 13.1. The second kappa shape index (κ2) is 8.65. The Kier molecular flexibility index (Phi) is 6.07. The zero-order valence-electron chi connectivity index (χ0n) is 19.0. The molecule has 1 unspecified atom stereocenters. The molecule has 0 radical (unpaired) electrons. The average Bonchev–Trinajstić information content (AvgIpc) is 3.30. The number of methoxy groups -OCH3 is 2. The van der Waals surface area contributed by atoms with Crippen LogP contribution < -0.4 is 14.4 Å². The molecule has 0 N–H and O–H groups in total. The number of aromatic nitrogens is 2. The maximum atomic E-state index is 13.1. The monoisotopic (exact) mass is 462 g/mol. The number of ether oxygens (including phenoxy) is 2. The van der Waals surface area contributed by atoms with E-state index in [0.717, 1.165) is 17.1 Å². The molecule has 10 heteroatoms. The van der Waals surface area contributed by atoms with E-state index in [-0.39, 0.29) is 23.5 Å². The molecule has 0 saturated carbocycles. The molecule has 1 aromatic heterocycles. The number of nitrogens with zero attached hydrogens (tertiary/aromatic N) is 4. The molecule has 0 aliphatic carbocycles. The van der Waals surface area contributed by atoms with Gasteiger partial charge in [-0.15, -0.1) is 0 Å². The number of carbonyl (C=O) groups is 1. The van der Waals surface area contributed by atoms with Crippen LogP contribution in [0.15, 0.2) is 18.2 Å². The van der Waals surface area contributed by atoms with Crippen LogP contribution in [0.3, 0.4) is 0 Å². The van der Waals surface area contributed by atoms with Crippen molar-refractivity contribution in [2.24, 2.45) is 0 Å². The van der Waals surface area contributed by atoms with Crippen LogP contribution in [-0.4, -0.2) is 80.9 Å². The highest BCUT2D eigenvalue weighted by molar-refractivity contribution is 7.91. The molecule has 174 valence electrons. The van der Waals surface area contributed by atoms with Gasteiger partial charge in [-0.3, -0.25) is 9.48 Å². The fourth-order valence-electron chi connectivity index (χ4n) is 4.68. The zero-order valence-corrected chi connectivity index (χ0v) is 19.8. The van der Waals surface area contributed by atoms with Crippen molar-refractivity contribution < 1.29 is 22.7 Å².